The smallest absolute Gasteiger partial charge is 0.156 e. The van der Waals surface area contributed by atoms with E-state index in [1.807, 2.05) is 0 Å². The summed E-state index contributed by atoms with van der Waals surface area (Å²) in [5.41, 5.74) is 0. The first-order valence-corrected chi connectivity index (χ1v) is 2.13. The molecule has 40 valence electrons. The van der Waals surface area contributed by atoms with Gasteiger partial charge in [-0.25, -0.2) is 4.74 Å². The second-order valence-corrected chi connectivity index (χ2v) is 1.28. The number of hydroxylamine groups is 1. The highest BCUT2D eigenvalue weighted by atomic mass is 16.5. The zero-order valence-corrected chi connectivity index (χ0v) is 4.26. The molecule has 0 atom stereocenters. The van der Waals surface area contributed by atoms with Crippen molar-refractivity contribution in [2.45, 2.75) is 6.42 Å². The largest absolute Gasteiger partial charge is 0.624 e. The van der Waals surface area contributed by atoms with Crippen LogP contribution >= 0.6 is 0 Å². The maximum atomic E-state index is 9.96. The predicted octanol–water partition coefficient (Wildman–Crippen LogP) is 0.773. The lowest BCUT2D eigenvalue weighted by Crippen LogP contribution is -1.99. The van der Waals surface area contributed by atoms with E-state index in [1.165, 1.54) is 0 Å². The molecule has 0 aromatic carbocycles. The van der Waals surface area contributed by atoms with E-state index in [9.17, 15) is 5.21 Å². The normalized spacial score (nSPS) is 8.00. The molecule has 0 saturated carbocycles. The minimum Gasteiger partial charge on any atom is -0.624 e. The van der Waals surface area contributed by atoms with Crippen LogP contribution < -0.4 is 0 Å². The van der Waals surface area contributed by atoms with Gasteiger partial charge in [-0.15, -0.1) is 6.58 Å². The van der Waals surface area contributed by atoms with Gasteiger partial charge in [0, 0.05) is 6.42 Å². The van der Waals surface area contributed by atoms with Crippen LogP contribution in [-0.2, 0) is 0 Å². The van der Waals surface area contributed by atoms with Crippen molar-refractivity contribution in [3.8, 4) is 0 Å². The molecular weight excluding hydrogens is 90.1 g/mol. The van der Waals surface area contributed by atoms with Crippen molar-refractivity contribution in [3.63, 3.8) is 0 Å². The Bertz CT molecular complexity index is 78.1. The zero-order valence-electron chi connectivity index (χ0n) is 4.26. The molecule has 0 spiro atoms. The fraction of sp³-hybridized carbons (Fsp3) is 0.400. The van der Waals surface area contributed by atoms with Crippen LogP contribution in [0.5, 0.6) is 0 Å². The molecular formula is C5H9NO. The summed E-state index contributed by atoms with van der Waals surface area (Å²) < 4.78 is 0.641. The Hall–Kier alpha value is -0.790. The first kappa shape index (κ1) is 6.21. The molecule has 0 unspecified atom stereocenters. The Balaban J connectivity index is 2.97. The third-order valence-electron chi connectivity index (χ3n) is 0.583. The summed E-state index contributed by atoms with van der Waals surface area (Å²) in [4.78, 5) is 0. The Morgan fingerprint density at radius 3 is 2.43 bits per heavy atom. The molecule has 0 amide bonds. The van der Waals surface area contributed by atoms with Gasteiger partial charge in [0.05, 0.1) is 0 Å². The van der Waals surface area contributed by atoms with Crippen LogP contribution in [-0.4, -0.2) is 18.0 Å². The van der Waals surface area contributed by atoms with Gasteiger partial charge in [-0.2, -0.15) is 0 Å². The van der Waals surface area contributed by atoms with Crippen molar-refractivity contribution in [2.75, 3.05) is 6.54 Å². The molecule has 2 heteroatoms. The molecule has 0 N–H and O–H groups in total. The third kappa shape index (κ3) is 5.21. The van der Waals surface area contributed by atoms with Gasteiger partial charge in [0.25, 0.3) is 0 Å². The Morgan fingerprint density at radius 2 is 2.29 bits per heavy atom. The lowest BCUT2D eigenvalue weighted by molar-refractivity contribution is -0.447. The SMILES string of the molecule is C=CCC[N+](=C)[O-]. The van der Waals surface area contributed by atoms with Crippen LogP contribution in [0, 0.1) is 5.21 Å². The first-order chi connectivity index (χ1) is 3.27. The lowest BCUT2D eigenvalue weighted by atomic mass is 10.4. The number of hydrogen-bond acceptors (Lipinski definition) is 1. The highest BCUT2D eigenvalue weighted by Crippen LogP contribution is 1.76. The second-order valence-electron chi connectivity index (χ2n) is 1.28. The fourth-order valence-corrected chi connectivity index (χ4v) is 0.235. The van der Waals surface area contributed by atoms with Crippen molar-refractivity contribution in [1.82, 2.24) is 0 Å². The van der Waals surface area contributed by atoms with Crippen LogP contribution in [0.3, 0.4) is 0 Å². The Kier molecular flexibility index (Phi) is 3.02. The van der Waals surface area contributed by atoms with Crippen LogP contribution in [0.25, 0.3) is 0 Å². The summed E-state index contributed by atoms with van der Waals surface area (Å²) in [6, 6.07) is 0. The molecule has 0 aliphatic rings. The summed E-state index contributed by atoms with van der Waals surface area (Å²) in [7, 11) is 0. The van der Waals surface area contributed by atoms with E-state index >= 15 is 0 Å². The molecule has 7 heavy (non-hydrogen) atoms. The molecule has 0 saturated heterocycles. The van der Waals surface area contributed by atoms with Gasteiger partial charge < -0.3 is 5.21 Å². The van der Waals surface area contributed by atoms with E-state index in [1.54, 1.807) is 6.08 Å². The summed E-state index contributed by atoms with van der Waals surface area (Å²) in [5.74, 6) is 0. The Labute approximate surface area is 43.4 Å². The zero-order chi connectivity index (χ0) is 5.70. The summed E-state index contributed by atoms with van der Waals surface area (Å²) in [6.45, 7) is 6.99. The summed E-state index contributed by atoms with van der Waals surface area (Å²) in [5, 5.41) is 9.96. The minimum absolute atomic E-state index is 0.448. The minimum atomic E-state index is 0.448. The molecule has 2 nitrogen and oxygen atoms in total. The monoisotopic (exact) mass is 99.1 g/mol. The molecule has 0 aromatic heterocycles. The second kappa shape index (κ2) is 3.40. The molecule has 0 bridgehead atoms. The van der Waals surface area contributed by atoms with Gasteiger partial charge in [-0.3, -0.25) is 0 Å². The molecule has 0 aliphatic carbocycles. The lowest BCUT2D eigenvalue weighted by Gasteiger charge is -1.95. The molecule has 0 rings (SSSR count). The highest BCUT2D eigenvalue weighted by Gasteiger charge is 1.80. The number of nitrogens with zero attached hydrogens (tertiary/aromatic N) is 1. The van der Waals surface area contributed by atoms with Crippen LogP contribution in [0.1, 0.15) is 6.42 Å². The van der Waals surface area contributed by atoms with E-state index in [2.05, 4.69) is 13.3 Å². The van der Waals surface area contributed by atoms with Crippen molar-refractivity contribution in [2.24, 2.45) is 0 Å². The van der Waals surface area contributed by atoms with Gasteiger partial charge in [-0.1, -0.05) is 6.08 Å². The molecule has 0 heterocycles. The van der Waals surface area contributed by atoms with E-state index in [0.29, 0.717) is 17.7 Å². The number of hydrogen-bond donors (Lipinski definition) is 0. The quantitative estimate of drug-likeness (QED) is 0.169. The Morgan fingerprint density at radius 1 is 1.71 bits per heavy atom. The molecule has 0 radical (unpaired) electrons. The van der Waals surface area contributed by atoms with Crippen molar-refractivity contribution in [3.05, 3.63) is 17.9 Å². The van der Waals surface area contributed by atoms with Gasteiger partial charge in [0.1, 0.15) is 6.72 Å². The summed E-state index contributed by atoms with van der Waals surface area (Å²) in [6.07, 6.45) is 2.41. The molecule has 0 fully saturated rings. The molecule has 0 aliphatic heterocycles. The van der Waals surface area contributed by atoms with E-state index in [0.717, 1.165) is 0 Å². The maximum Gasteiger partial charge on any atom is 0.156 e. The van der Waals surface area contributed by atoms with Gasteiger partial charge >= 0.3 is 0 Å². The van der Waals surface area contributed by atoms with E-state index in [-0.39, 0.29) is 0 Å². The molecule has 0 aromatic rings. The number of rotatable bonds is 3. The fourth-order valence-electron chi connectivity index (χ4n) is 0.235. The van der Waals surface area contributed by atoms with E-state index < -0.39 is 0 Å². The van der Waals surface area contributed by atoms with Crippen molar-refractivity contribution < 1.29 is 4.74 Å². The van der Waals surface area contributed by atoms with Crippen molar-refractivity contribution >= 4 is 6.72 Å². The van der Waals surface area contributed by atoms with Gasteiger partial charge in [-0.05, 0) is 0 Å². The van der Waals surface area contributed by atoms with Crippen LogP contribution in [0.15, 0.2) is 12.7 Å². The van der Waals surface area contributed by atoms with Crippen LogP contribution in [0.4, 0.5) is 0 Å². The highest BCUT2D eigenvalue weighted by molar-refractivity contribution is 5.14. The average molecular weight is 99.1 g/mol. The standard InChI is InChI=1S/C5H9NO/c1-3-4-5-6(2)7/h3H,1-2,4-5H2. The van der Waals surface area contributed by atoms with Crippen LogP contribution in [0.2, 0.25) is 0 Å². The van der Waals surface area contributed by atoms with Gasteiger partial charge in [0.15, 0.2) is 6.54 Å². The topological polar surface area (TPSA) is 26.1 Å². The predicted molar refractivity (Wildman–Crippen MR) is 30.4 cm³/mol. The average Bonchev–Trinajstić information content (AvgIpc) is 1.61. The van der Waals surface area contributed by atoms with E-state index in [4.69, 9.17) is 0 Å². The summed E-state index contributed by atoms with van der Waals surface area (Å²) >= 11 is 0. The maximum absolute atomic E-state index is 9.96. The third-order valence-corrected chi connectivity index (χ3v) is 0.583. The van der Waals surface area contributed by atoms with Gasteiger partial charge in [0.2, 0.25) is 0 Å². The van der Waals surface area contributed by atoms with Crippen molar-refractivity contribution in [1.29, 1.82) is 0 Å². The first-order valence-electron chi connectivity index (χ1n) is 2.13.